The maximum Gasteiger partial charge on any atom is 0.0638 e. The zero-order chi connectivity index (χ0) is 12.8. The largest absolute Gasteiger partial charge is 0.311 e. The summed E-state index contributed by atoms with van der Waals surface area (Å²) in [5, 5.41) is 12.3. The third-order valence-electron chi connectivity index (χ3n) is 3.39. The van der Waals surface area contributed by atoms with Crippen LogP contribution in [-0.2, 0) is 6.54 Å². The van der Waals surface area contributed by atoms with E-state index in [0.717, 1.165) is 26.2 Å². The first-order valence-corrected chi connectivity index (χ1v) is 6.64. The van der Waals surface area contributed by atoms with Crippen LogP contribution < -0.4 is 5.32 Å². The van der Waals surface area contributed by atoms with Crippen molar-refractivity contribution in [2.24, 2.45) is 5.92 Å². The summed E-state index contributed by atoms with van der Waals surface area (Å²) in [5.41, 5.74) is 1.35. The van der Waals surface area contributed by atoms with E-state index in [1.54, 1.807) is 0 Å². The van der Waals surface area contributed by atoms with E-state index in [4.69, 9.17) is 5.26 Å². The van der Waals surface area contributed by atoms with Crippen molar-refractivity contribution in [2.75, 3.05) is 19.6 Å². The van der Waals surface area contributed by atoms with Crippen LogP contribution >= 0.6 is 0 Å². The Hall–Kier alpha value is -1.37. The second-order valence-electron chi connectivity index (χ2n) is 5.25. The average molecular weight is 243 g/mol. The second kappa shape index (κ2) is 6.53. The number of nitriles is 1. The van der Waals surface area contributed by atoms with Crippen molar-refractivity contribution in [1.82, 2.24) is 10.2 Å². The van der Waals surface area contributed by atoms with Gasteiger partial charge in [-0.2, -0.15) is 5.26 Å². The molecule has 1 N–H and O–H groups in total. The molecule has 0 bridgehead atoms. The van der Waals surface area contributed by atoms with Crippen molar-refractivity contribution in [1.29, 1.82) is 5.26 Å². The van der Waals surface area contributed by atoms with Crippen LogP contribution in [0.1, 0.15) is 18.9 Å². The Kier molecular flexibility index (Phi) is 4.74. The Morgan fingerprint density at radius 2 is 2.11 bits per heavy atom. The van der Waals surface area contributed by atoms with Gasteiger partial charge >= 0.3 is 0 Å². The zero-order valence-electron chi connectivity index (χ0n) is 11.0. The summed E-state index contributed by atoms with van der Waals surface area (Å²) in [6.07, 6.45) is 0.595. The Balaban J connectivity index is 1.99. The molecule has 1 aliphatic rings. The lowest BCUT2D eigenvalue weighted by atomic mass is 10.1. The molecular weight excluding hydrogens is 222 g/mol. The van der Waals surface area contributed by atoms with Gasteiger partial charge < -0.3 is 5.32 Å². The van der Waals surface area contributed by atoms with Crippen LogP contribution in [0.5, 0.6) is 0 Å². The SMILES string of the molecule is CC1CNC(CC#N)CN(Cc2ccccc2)C1. The normalized spacial score (nSPS) is 25.3. The first-order chi connectivity index (χ1) is 8.78. The minimum atomic E-state index is 0.309. The first-order valence-electron chi connectivity index (χ1n) is 6.64. The molecule has 2 atom stereocenters. The summed E-state index contributed by atoms with van der Waals surface area (Å²) in [5.74, 6) is 0.636. The van der Waals surface area contributed by atoms with Gasteiger partial charge in [0.05, 0.1) is 12.5 Å². The molecule has 18 heavy (non-hydrogen) atoms. The molecule has 0 spiro atoms. The highest BCUT2D eigenvalue weighted by Gasteiger charge is 2.21. The van der Waals surface area contributed by atoms with E-state index in [-0.39, 0.29) is 0 Å². The van der Waals surface area contributed by atoms with Gasteiger partial charge in [-0.25, -0.2) is 0 Å². The summed E-state index contributed by atoms with van der Waals surface area (Å²) >= 11 is 0. The Morgan fingerprint density at radius 1 is 1.33 bits per heavy atom. The smallest absolute Gasteiger partial charge is 0.0638 e. The predicted octanol–water partition coefficient (Wildman–Crippen LogP) is 2.01. The fourth-order valence-corrected chi connectivity index (χ4v) is 2.54. The molecular formula is C15H21N3. The number of benzene rings is 1. The standard InChI is InChI=1S/C15H21N3/c1-13-9-17-15(7-8-16)12-18(10-13)11-14-5-3-2-4-6-14/h2-6,13,15,17H,7,9-12H2,1H3. The van der Waals surface area contributed by atoms with Crippen LogP contribution in [0, 0.1) is 17.2 Å². The maximum absolute atomic E-state index is 8.84. The van der Waals surface area contributed by atoms with Crippen LogP contribution in [0.3, 0.4) is 0 Å². The molecule has 96 valence electrons. The second-order valence-corrected chi connectivity index (χ2v) is 5.25. The lowest BCUT2D eigenvalue weighted by Crippen LogP contribution is -2.37. The van der Waals surface area contributed by atoms with Crippen molar-refractivity contribution in [3.63, 3.8) is 0 Å². The number of hydrogen-bond acceptors (Lipinski definition) is 3. The fraction of sp³-hybridized carbons (Fsp3) is 0.533. The van der Waals surface area contributed by atoms with E-state index in [9.17, 15) is 0 Å². The van der Waals surface area contributed by atoms with Gasteiger partial charge in [-0.1, -0.05) is 37.3 Å². The molecule has 3 heteroatoms. The molecule has 1 fully saturated rings. The molecule has 1 aromatic carbocycles. The van der Waals surface area contributed by atoms with Crippen molar-refractivity contribution >= 4 is 0 Å². The van der Waals surface area contributed by atoms with Gasteiger partial charge in [0, 0.05) is 25.7 Å². The van der Waals surface area contributed by atoms with Gasteiger partial charge in [0.2, 0.25) is 0 Å². The molecule has 0 saturated carbocycles. The summed E-state index contributed by atoms with van der Waals surface area (Å²) in [6, 6.07) is 13.1. The summed E-state index contributed by atoms with van der Waals surface area (Å²) in [4.78, 5) is 2.46. The molecule has 0 radical (unpaired) electrons. The quantitative estimate of drug-likeness (QED) is 0.882. The molecule has 1 aromatic rings. The Morgan fingerprint density at radius 3 is 2.83 bits per heavy atom. The Labute approximate surface area is 109 Å². The van der Waals surface area contributed by atoms with E-state index in [2.05, 4.69) is 53.5 Å². The molecule has 1 saturated heterocycles. The van der Waals surface area contributed by atoms with Gasteiger partial charge in [-0.15, -0.1) is 0 Å². The lowest BCUT2D eigenvalue weighted by Gasteiger charge is -2.24. The molecule has 2 unspecified atom stereocenters. The van der Waals surface area contributed by atoms with E-state index in [1.165, 1.54) is 5.56 Å². The molecule has 0 amide bonds. The summed E-state index contributed by atoms with van der Waals surface area (Å²) < 4.78 is 0. The number of nitrogens with zero attached hydrogens (tertiary/aromatic N) is 2. The van der Waals surface area contributed by atoms with Gasteiger partial charge in [0.1, 0.15) is 0 Å². The van der Waals surface area contributed by atoms with Gasteiger partial charge in [-0.3, -0.25) is 4.90 Å². The van der Waals surface area contributed by atoms with Crippen molar-refractivity contribution in [3.8, 4) is 6.07 Å². The van der Waals surface area contributed by atoms with Crippen LogP contribution in [-0.4, -0.2) is 30.6 Å². The summed E-state index contributed by atoms with van der Waals surface area (Å²) in [6.45, 7) is 6.32. The molecule has 0 aliphatic carbocycles. The number of rotatable bonds is 3. The van der Waals surface area contributed by atoms with Crippen molar-refractivity contribution < 1.29 is 0 Å². The highest BCUT2D eigenvalue weighted by Crippen LogP contribution is 2.12. The predicted molar refractivity (Wildman–Crippen MR) is 72.9 cm³/mol. The molecule has 2 rings (SSSR count). The van der Waals surface area contributed by atoms with Gasteiger partial charge in [-0.05, 0) is 18.0 Å². The van der Waals surface area contributed by atoms with Crippen molar-refractivity contribution in [2.45, 2.75) is 25.9 Å². The van der Waals surface area contributed by atoms with Crippen LogP contribution in [0.25, 0.3) is 0 Å². The van der Waals surface area contributed by atoms with E-state index < -0.39 is 0 Å². The third kappa shape index (κ3) is 3.83. The molecule has 1 heterocycles. The van der Waals surface area contributed by atoms with E-state index >= 15 is 0 Å². The van der Waals surface area contributed by atoms with E-state index in [1.807, 2.05) is 0 Å². The minimum Gasteiger partial charge on any atom is -0.311 e. The van der Waals surface area contributed by atoms with Gasteiger partial charge in [0.25, 0.3) is 0 Å². The first kappa shape index (κ1) is 13.1. The van der Waals surface area contributed by atoms with Crippen LogP contribution in [0.15, 0.2) is 30.3 Å². The zero-order valence-corrected chi connectivity index (χ0v) is 11.0. The van der Waals surface area contributed by atoms with Crippen LogP contribution in [0.2, 0.25) is 0 Å². The molecule has 0 aromatic heterocycles. The highest BCUT2D eigenvalue weighted by molar-refractivity contribution is 5.14. The van der Waals surface area contributed by atoms with E-state index in [0.29, 0.717) is 18.4 Å². The third-order valence-corrected chi connectivity index (χ3v) is 3.39. The molecule has 1 aliphatic heterocycles. The number of nitrogens with one attached hydrogen (secondary N) is 1. The van der Waals surface area contributed by atoms with Crippen LogP contribution in [0.4, 0.5) is 0 Å². The molecule has 3 nitrogen and oxygen atoms in total. The monoisotopic (exact) mass is 243 g/mol. The number of hydrogen-bond donors (Lipinski definition) is 1. The topological polar surface area (TPSA) is 39.1 Å². The highest BCUT2D eigenvalue weighted by atomic mass is 15.2. The lowest BCUT2D eigenvalue weighted by molar-refractivity contribution is 0.241. The average Bonchev–Trinajstić information content (AvgIpc) is 2.53. The van der Waals surface area contributed by atoms with Crippen molar-refractivity contribution in [3.05, 3.63) is 35.9 Å². The van der Waals surface area contributed by atoms with Gasteiger partial charge in [0.15, 0.2) is 0 Å². The summed E-state index contributed by atoms with van der Waals surface area (Å²) in [7, 11) is 0. The minimum absolute atomic E-state index is 0.309. The Bertz CT molecular complexity index is 396. The fourth-order valence-electron chi connectivity index (χ4n) is 2.54. The maximum atomic E-state index is 8.84.